The summed E-state index contributed by atoms with van der Waals surface area (Å²) in [6, 6.07) is 3.35. The molecule has 0 radical (unpaired) electrons. The maximum atomic E-state index is 13.4. The van der Waals surface area contributed by atoms with E-state index >= 15 is 0 Å². The number of unbranched alkanes of at least 4 members (excludes halogenated alkanes) is 2. The first-order valence-electron chi connectivity index (χ1n) is 6.11. The smallest absolute Gasteiger partial charge is 0.126 e. The van der Waals surface area contributed by atoms with Crippen molar-refractivity contribution in [2.24, 2.45) is 0 Å². The minimum Gasteiger partial charge on any atom is -0.390 e. The molecule has 0 aliphatic rings. The van der Waals surface area contributed by atoms with E-state index in [1.54, 1.807) is 6.92 Å². The van der Waals surface area contributed by atoms with Crippen molar-refractivity contribution in [3.63, 3.8) is 0 Å². The van der Waals surface area contributed by atoms with E-state index in [4.69, 9.17) is 0 Å². The SMILES string of the molecule is CCCCCC(C)(O)Cc1cc(F)ccc1F. The molecule has 1 aromatic carbocycles. The molecule has 0 saturated carbocycles. The maximum Gasteiger partial charge on any atom is 0.126 e. The van der Waals surface area contributed by atoms with Crippen LogP contribution in [0.3, 0.4) is 0 Å². The Kier molecular flexibility index (Phi) is 5.06. The van der Waals surface area contributed by atoms with Crippen LogP contribution in [-0.2, 0) is 6.42 Å². The summed E-state index contributed by atoms with van der Waals surface area (Å²) >= 11 is 0. The van der Waals surface area contributed by atoms with E-state index in [1.807, 2.05) is 0 Å². The fourth-order valence-electron chi connectivity index (χ4n) is 1.93. The van der Waals surface area contributed by atoms with Gasteiger partial charge in [0.2, 0.25) is 0 Å². The number of rotatable bonds is 6. The predicted molar refractivity (Wildman–Crippen MR) is 64.8 cm³/mol. The molecular weight excluding hydrogens is 222 g/mol. The van der Waals surface area contributed by atoms with Crippen LogP contribution in [-0.4, -0.2) is 10.7 Å². The van der Waals surface area contributed by atoms with Gasteiger partial charge in [0.1, 0.15) is 11.6 Å². The molecule has 0 aliphatic heterocycles. The standard InChI is InChI=1S/C14H20F2O/c1-3-4-5-8-14(2,17)10-11-9-12(15)6-7-13(11)16/h6-7,9,17H,3-5,8,10H2,1-2H3. The number of benzene rings is 1. The van der Waals surface area contributed by atoms with Crippen molar-refractivity contribution in [1.29, 1.82) is 0 Å². The van der Waals surface area contributed by atoms with Crippen LogP contribution < -0.4 is 0 Å². The lowest BCUT2D eigenvalue weighted by Crippen LogP contribution is -2.27. The third-order valence-corrected chi connectivity index (χ3v) is 2.90. The monoisotopic (exact) mass is 242 g/mol. The van der Waals surface area contributed by atoms with Gasteiger partial charge in [-0.05, 0) is 37.1 Å². The van der Waals surface area contributed by atoms with Gasteiger partial charge in [-0.2, -0.15) is 0 Å². The highest BCUT2D eigenvalue weighted by Gasteiger charge is 2.22. The van der Waals surface area contributed by atoms with Gasteiger partial charge in [-0.15, -0.1) is 0 Å². The Bertz CT molecular complexity index is 361. The van der Waals surface area contributed by atoms with E-state index in [0.29, 0.717) is 6.42 Å². The summed E-state index contributed by atoms with van der Waals surface area (Å²) in [5.41, 5.74) is -0.726. The van der Waals surface area contributed by atoms with Gasteiger partial charge in [-0.3, -0.25) is 0 Å². The molecule has 1 nitrogen and oxygen atoms in total. The van der Waals surface area contributed by atoms with Gasteiger partial charge in [0.15, 0.2) is 0 Å². The Hall–Kier alpha value is -0.960. The molecule has 1 rings (SSSR count). The molecule has 1 unspecified atom stereocenters. The van der Waals surface area contributed by atoms with Crippen LogP contribution in [0.5, 0.6) is 0 Å². The third kappa shape index (κ3) is 4.82. The highest BCUT2D eigenvalue weighted by molar-refractivity contribution is 5.20. The Morgan fingerprint density at radius 1 is 1.24 bits per heavy atom. The molecule has 0 aromatic heterocycles. The van der Waals surface area contributed by atoms with Crippen molar-refractivity contribution in [3.05, 3.63) is 35.4 Å². The number of hydrogen-bond donors (Lipinski definition) is 1. The van der Waals surface area contributed by atoms with Crippen LogP contribution in [0.25, 0.3) is 0 Å². The van der Waals surface area contributed by atoms with Gasteiger partial charge in [-0.1, -0.05) is 26.2 Å². The lowest BCUT2D eigenvalue weighted by Gasteiger charge is -2.23. The van der Waals surface area contributed by atoms with Crippen molar-refractivity contribution in [1.82, 2.24) is 0 Å². The zero-order valence-electron chi connectivity index (χ0n) is 10.5. The van der Waals surface area contributed by atoms with Crippen molar-refractivity contribution >= 4 is 0 Å². The molecule has 1 aromatic rings. The molecular formula is C14H20F2O. The summed E-state index contributed by atoms with van der Waals surface area (Å²) in [4.78, 5) is 0. The minimum absolute atomic E-state index is 0.153. The fraction of sp³-hybridized carbons (Fsp3) is 0.571. The molecule has 17 heavy (non-hydrogen) atoms. The normalized spacial score (nSPS) is 14.6. The van der Waals surface area contributed by atoms with E-state index in [-0.39, 0.29) is 12.0 Å². The van der Waals surface area contributed by atoms with Crippen LogP contribution in [0.4, 0.5) is 8.78 Å². The Morgan fingerprint density at radius 2 is 1.94 bits per heavy atom. The summed E-state index contributed by atoms with van der Waals surface area (Å²) in [7, 11) is 0. The zero-order valence-corrected chi connectivity index (χ0v) is 10.5. The van der Waals surface area contributed by atoms with Crippen LogP contribution in [0.1, 0.15) is 45.1 Å². The van der Waals surface area contributed by atoms with Crippen LogP contribution in [0.15, 0.2) is 18.2 Å². The average molecular weight is 242 g/mol. The first-order valence-corrected chi connectivity index (χ1v) is 6.11. The quantitative estimate of drug-likeness (QED) is 0.751. The van der Waals surface area contributed by atoms with Crippen LogP contribution in [0, 0.1) is 11.6 Å². The molecule has 3 heteroatoms. The third-order valence-electron chi connectivity index (χ3n) is 2.90. The minimum atomic E-state index is -0.968. The summed E-state index contributed by atoms with van der Waals surface area (Å²) in [6.45, 7) is 3.76. The molecule has 0 amide bonds. The molecule has 0 heterocycles. The molecule has 96 valence electrons. The van der Waals surface area contributed by atoms with Crippen molar-refractivity contribution in [2.45, 2.75) is 51.6 Å². The van der Waals surface area contributed by atoms with Crippen molar-refractivity contribution in [3.8, 4) is 0 Å². The maximum absolute atomic E-state index is 13.4. The van der Waals surface area contributed by atoms with Gasteiger partial charge in [0, 0.05) is 6.42 Å². The largest absolute Gasteiger partial charge is 0.390 e. The van der Waals surface area contributed by atoms with Crippen molar-refractivity contribution < 1.29 is 13.9 Å². The Balaban J connectivity index is 2.65. The van der Waals surface area contributed by atoms with E-state index in [1.165, 1.54) is 0 Å². The average Bonchev–Trinajstić information content (AvgIpc) is 2.23. The van der Waals surface area contributed by atoms with Gasteiger partial charge in [0.05, 0.1) is 5.60 Å². The fourth-order valence-corrected chi connectivity index (χ4v) is 1.93. The highest BCUT2D eigenvalue weighted by Crippen LogP contribution is 2.22. The molecule has 0 fully saturated rings. The van der Waals surface area contributed by atoms with Gasteiger partial charge >= 0.3 is 0 Å². The van der Waals surface area contributed by atoms with Gasteiger partial charge in [-0.25, -0.2) is 8.78 Å². The first kappa shape index (κ1) is 14.1. The van der Waals surface area contributed by atoms with Crippen LogP contribution in [0.2, 0.25) is 0 Å². The highest BCUT2D eigenvalue weighted by atomic mass is 19.1. The lowest BCUT2D eigenvalue weighted by atomic mass is 9.91. The molecule has 0 bridgehead atoms. The van der Waals surface area contributed by atoms with E-state index < -0.39 is 17.2 Å². The second-order valence-electron chi connectivity index (χ2n) is 4.87. The molecule has 1 N–H and O–H groups in total. The summed E-state index contributed by atoms with van der Waals surface area (Å²) < 4.78 is 26.4. The predicted octanol–water partition coefficient (Wildman–Crippen LogP) is 3.84. The Labute approximate surface area is 101 Å². The molecule has 1 atom stereocenters. The van der Waals surface area contributed by atoms with Crippen molar-refractivity contribution in [2.75, 3.05) is 0 Å². The topological polar surface area (TPSA) is 20.2 Å². The van der Waals surface area contributed by atoms with E-state index in [9.17, 15) is 13.9 Å². The van der Waals surface area contributed by atoms with Crippen LogP contribution >= 0.6 is 0 Å². The lowest BCUT2D eigenvalue weighted by molar-refractivity contribution is 0.0477. The number of halogens is 2. The summed E-state index contributed by atoms with van der Waals surface area (Å²) in [5, 5.41) is 10.1. The van der Waals surface area contributed by atoms with E-state index in [0.717, 1.165) is 37.5 Å². The second kappa shape index (κ2) is 6.10. The van der Waals surface area contributed by atoms with E-state index in [2.05, 4.69) is 6.92 Å². The zero-order chi connectivity index (χ0) is 12.9. The number of hydrogen-bond acceptors (Lipinski definition) is 1. The number of aliphatic hydroxyl groups is 1. The summed E-state index contributed by atoms with van der Waals surface area (Å²) in [6.07, 6.45) is 3.78. The molecule has 0 saturated heterocycles. The Morgan fingerprint density at radius 3 is 2.59 bits per heavy atom. The summed E-state index contributed by atoms with van der Waals surface area (Å²) in [5.74, 6) is -0.923. The first-order chi connectivity index (χ1) is 7.94. The molecule has 0 spiro atoms. The molecule has 0 aliphatic carbocycles. The second-order valence-corrected chi connectivity index (χ2v) is 4.87. The van der Waals surface area contributed by atoms with Gasteiger partial charge in [0.25, 0.3) is 0 Å². The van der Waals surface area contributed by atoms with Gasteiger partial charge < -0.3 is 5.11 Å².